The van der Waals surface area contributed by atoms with E-state index in [9.17, 15) is 14.7 Å². The van der Waals surface area contributed by atoms with Gasteiger partial charge in [-0.05, 0) is 79.2 Å². The lowest BCUT2D eigenvalue weighted by molar-refractivity contribution is -0.119. The minimum atomic E-state index is -0.457. The van der Waals surface area contributed by atoms with Gasteiger partial charge in [-0.2, -0.15) is 0 Å². The van der Waals surface area contributed by atoms with Gasteiger partial charge < -0.3 is 15.3 Å². The molecule has 6 atom stereocenters. The normalized spacial score (nSPS) is 39.3. The van der Waals surface area contributed by atoms with Crippen molar-refractivity contribution in [2.45, 2.75) is 51.0 Å². The number of fused-ring (bicyclic) bond motifs is 3. The molecule has 2 aromatic rings. The quantitative estimate of drug-likeness (QED) is 0.796. The largest absolute Gasteiger partial charge is 0.391 e. The van der Waals surface area contributed by atoms with Gasteiger partial charge in [-0.25, -0.2) is 4.98 Å². The molecule has 162 valence electrons. The predicted molar refractivity (Wildman–Crippen MR) is 113 cm³/mol. The highest BCUT2D eigenvalue weighted by atomic mass is 16.3. The molecule has 2 N–H and O–H groups in total. The number of carbonyl (C=O) groups excluding carboxylic acids is 2. The van der Waals surface area contributed by atoms with Crippen LogP contribution in [0.3, 0.4) is 0 Å². The summed E-state index contributed by atoms with van der Waals surface area (Å²) in [4.78, 5) is 32.0. The van der Waals surface area contributed by atoms with Crippen molar-refractivity contribution in [3.63, 3.8) is 0 Å². The van der Waals surface area contributed by atoms with Gasteiger partial charge in [0, 0.05) is 25.7 Å². The minimum absolute atomic E-state index is 0.0762. The number of nitrogens with one attached hydrogen (secondary N) is 1. The van der Waals surface area contributed by atoms with Crippen LogP contribution in [0.25, 0.3) is 5.65 Å². The number of rotatable bonds is 4. The van der Waals surface area contributed by atoms with Crippen LogP contribution in [0.1, 0.15) is 55.4 Å². The number of nitrogens with zero attached hydrogens (tertiary/aromatic N) is 3. The van der Waals surface area contributed by atoms with Crippen molar-refractivity contribution < 1.29 is 14.7 Å². The summed E-state index contributed by atoms with van der Waals surface area (Å²) < 4.78 is 1.79. The predicted octanol–water partition coefficient (Wildman–Crippen LogP) is 2.70. The van der Waals surface area contributed by atoms with Crippen molar-refractivity contribution in [2.75, 3.05) is 18.4 Å². The van der Waals surface area contributed by atoms with Gasteiger partial charge in [0.05, 0.1) is 6.10 Å². The first-order valence-electron chi connectivity index (χ1n) is 11.7. The zero-order chi connectivity index (χ0) is 21.0. The molecule has 5 aliphatic rings. The molecule has 5 fully saturated rings. The van der Waals surface area contributed by atoms with E-state index in [1.807, 2.05) is 18.2 Å². The lowest BCUT2D eigenvalue weighted by atomic mass is 9.69. The Morgan fingerprint density at radius 2 is 2.16 bits per heavy atom. The van der Waals surface area contributed by atoms with Gasteiger partial charge in [0.15, 0.2) is 0 Å². The Morgan fingerprint density at radius 1 is 1.26 bits per heavy atom. The van der Waals surface area contributed by atoms with E-state index in [0.717, 1.165) is 17.8 Å². The molecule has 31 heavy (non-hydrogen) atoms. The first-order valence-corrected chi connectivity index (χ1v) is 11.7. The highest BCUT2D eigenvalue weighted by molar-refractivity contribution is 5.94. The van der Waals surface area contributed by atoms with Gasteiger partial charge in [-0.1, -0.05) is 6.07 Å². The number of anilines is 1. The lowest BCUT2D eigenvalue weighted by Gasteiger charge is -2.35. The van der Waals surface area contributed by atoms with E-state index in [0.29, 0.717) is 48.5 Å². The first kappa shape index (κ1) is 18.2. The fraction of sp³-hybridized carbons (Fsp3) is 0.625. The number of hydrogen-bond acceptors (Lipinski definition) is 4. The van der Waals surface area contributed by atoms with E-state index in [1.165, 1.54) is 32.1 Å². The third kappa shape index (κ3) is 2.65. The first-order chi connectivity index (χ1) is 14.9. The van der Waals surface area contributed by atoms with Gasteiger partial charge in [0.2, 0.25) is 5.91 Å². The molecule has 2 bridgehead atoms. The molecule has 2 aromatic heterocycles. The third-order valence-corrected chi connectivity index (χ3v) is 8.98. The number of amides is 2. The molecule has 0 radical (unpaired) electrons. The maximum Gasteiger partial charge on any atom is 0.274 e. The summed E-state index contributed by atoms with van der Waals surface area (Å²) in [7, 11) is 0. The van der Waals surface area contributed by atoms with Crippen LogP contribution in [-0.2, 0) is 4.79 Å². The Hall–Kier alpha value is -2.41. The average molecular weight is 421 g/mol. The smallest absolute Gasteiger partial charge is 0.274 e. The maximum absolute atomic E-state index is 13.1. The number of aromatic nitrogens is 2. The number of β-amino-alcohol motifs (C(OH)–C–C–N with tert-alkyl or cyclic N) is 1. The van der Waals surface area contributed by atoms with Crippen LogP contribution in [0.15, 0.2) is 24.4 Å². The van der Waals surface area contributed by atoms with Crippen LogP contribution in [0.2, 0.25) is 0 Å². The number of hydrogen-bond donors (Lipinski definition) is 2. The highest BCUT2D eigenvalue weighted by Gasteiger charge is 2.76. The SMILES string of the molecule is O=C(CC12CC3CC3C3(CC3C1)C2)Nc1cccc2nc(C(=O)N3CC[C@@H](O)C3)cn12. The Bertz CT molecular complexity index is 1120. The maximum atomic E-state index is 13.1. The summed E-state index contributed by atoms with van der Waals surface area (Å²) in [5.41, 5.74) is 1.81. The number of pyridine rings is 1. The average Bonchev–Trinajstić information content (AvgIpc) is 3.45. The summed E-state index contributed by atoms with van der Waals surface area (Å²) in [5.74, 6) is 3.30. The van der Waals surface area contributed by atoms with Gasteiger partial charge >= 0.3 is 0 Å². The molecule has 1 spiro atoms. The van der Waals surface area contributed by atoms with Crippen molar-refractivity contribution >= 4 is 23.3 Å². The zero-order valence-electron chi connectivity index (χ0n) is 17.6. The third-order valence-electron chi connectivity index (χ3n) is 8.98. The van der Waals surface area contributed by atoms with Crippen LogP contribution in [0.5, 0.6) is 0 Å². The second kappa shape index (κ2) is 5.88. The van der Waals surface area contributed by atoms with Crippen LogP contribution < -0.4 is 5.32 Å². The number of carbonyl (C=O) groups is 2. The molecule has 7 heteroatoms. The minimum Gasteiger partial charge on any atom is -0.391 e. The van der Waals surface area contributed by atoms with Crippen molar-refractivity contribution in [2.24, 2.45) is 28.6 Å². The molecule has 1 aliphatic heterocycles. The van der Waals surface area contributed by atoms with Crippen LogP contribution in [-0.4, -0.2) is 50.4 Å². The Kier molecular flexibility index (Phi) is 3.45. The van der Waals surface area contributed by atoms with Crippen LogP contribution in [0.4, 0.5) is 5.82 Å². The van der Waals surface area contributed by atoms with E-state index < -0.39 is 6.10 Å². The van der Waals surface area contributed by atoms with Gasteiger partial charge in [0.1, 0.15) is 17.2 Å². The van der Waals surface area contributed by atoms with Crippen LogP contribution in [0, 0.1) is 28.6 Å². The number of aliphatic hydroxyl groups excluding tert-OH is 1. The molecule has 4 saturated carbocycles. The summed E-state index contributed by atoms with van der Waals surface area (Å²) in [6.07, 6.45) is 9.00. The second-order valence-corrected chi connectivity index (χ2v) is 11.0. The zero-order valence-corrected chi connectivity index (χ0v) is 17.6. The Morgan fingerprint density at radius 3 is 3.00 bits per heavy atom. The molecule has 2 amide bonds. The molecular formula is C24H28N4O3. The van der Waals surface area contributed by atoms with Crippen molar-refractivity contribution in [3.05, 3.63) is 30.1 Å². The van der Waals surface area contributed by atoms with Crippen molar-refractivity contribution in [1.82, 2.24) is 14.3 Å². The molecule has 7 nitrogen and oxygen atoms in total. The van der Waals surface area contributed by atoms with Crippen molar-refractivity contribution in [3.8, 4) is 0 Å². The second-order valence-electron chi connectivity index (χ2n) is 11.0. The van der Waals surface area contributed by atoms with Gasteiger partial charge in [-0.15, -0.1) is 0 Å². The summed E-state index contributed by atoms with van der Waals surface area (Å²) in [6, 6.07) is 5.56. The lowest BCUT2D eigenvalue weighted by Crippen LogP contribution is -2.31. The summed E-state index contributed by atoms with van der Waals surface area (Å²) in [5, 5.41) is 12.8. The fourth-order valence-corrected chi connectivity index (χ4v) is 7.70. The molecule has 0 aromatic carbocycles. The monoisotopic (exact) mass is 420 g/mol. The fourth-order valence-electron chi connectivity index (χ4n) is 7.70. The van der Waals surface area contributed by atoms with Crippen molar-refractivity contribution in [1.29, 1.82) is 0 Å². The highest BCUT2D eigenvalue weighted by Crippen LogP contribution is 2.84. The molecule has 5 unspecified atom stereocenters. The van der Waals surface area contributed by atoms with E-state index in [2.05, 4.69) is 10.3 Å². The van der Waals surface area contributed by atoms with Crippen LogP contribution >= 0.6 is 0 Å². The van der Waals surface area contributed by atoms with Gasteiger partial charge in [0.25, 0.3) is 5.91 Å². The molecule has 3 heterocycles. The van der Waals surface area contributed by atoms with Gasteiger partial charge in [-0.3, -0.25) is 14.0 Å². The molecular weight excluding hydrogens is 392 g/mol. The van der Waals surface area contributed by atoms with E-state index in [4.69, 9.17) is 0 Å². The van der Waals surface area contributed by atoms with E-state index in [1.54, 1.807) is 15.5 Å². The summed E-state index contributed by atoms with van der Waals surface area (Å²) in [6.45, 7) is 0.895. The number of imidazole rings is 1. The molecule has 7 rings (SSSR count). The van der Waals surface area contributed by atoms with E-state index in [-0.39, 0.29) is 17.2 Å². The standard InChI is InChI=1S/C24H28N4O3/c29-16-4-5-27(11-16)22(31)18-12-28-19(25-18)2-1-3-20(28)26-21(30)10-23-7-14-6-17(14)24(13-23)9-15(24)8-23/h1-3,12,14-17,29H,4-11,13H2,(H,26,30)/t14?,15?,16-,17?,23?,24?/m1/s1. The number of likely N-dealkylation sites (tertiary alicyclic amines) is 1. The topological polar surface area (TPSA) is 86.9 Å². The molecule has 4 aliphatic carbocycles. The number of aliphatic hydroxyl groups is 1. The Labute approximate surface area is 180 Å². The van der Waals surface area contributed by atoms with E-state index >= 15 is 0 Å². The summed E-state index contributed by atoms with van der Waals surface area (Å²) >= 11 is 0. The Balaban J connectivity index is 1.10. The molecule has 1 saturated heterocycles.